The summed E-state index contributed by atoms with van der Waals surface area (Å²) in [4.78, 5) is 27.7. The van der Waals surface area contributed by atoms with Crippen molar-refractivity contribution in [3.63, 3.8) is 0 Å². The van der Waals surface area contributed by atoms with Crippen molar-refractivity contribution in [3.8, 4) is 0 Å². The van der Waals surface area contributed by atoms with Crippen LogP contribution >= 0.6 is 34.7 Å². The van der Waals surface area contributed by atoms with Gasteiger partial charge in [-0.05, 0) is 32.0 Å². The molecular weight excluding hydrogens is 382 g/mol. The average Bonchev–Trinajstić information content (AvgIpc) is 3.05. The SMILES string of the molecule is Cc1nc(NC(=O)c2oc3ccc(Cl)cc3c2C)sc1SCC(N)=O. The molecule has 0 aliphatic rings. The smallest absolute Gasteiger partial charge is 0.293 e. The van der Waals surface area contributed by atoms with E-state index in [1.807, 2.05) is 6.92 Å². The number of nitrogens with zero attached hydrogens (tertiary/aromatic N) is 1. The molecule has 1 aromatic carbocycles. The number of aromatic nitrogens is 1. The van der Waals surface area contributed by atoms with Gasteiger partial charge in [0.05, 0.1) is 15.7 Å². The third-order valence-electron chi connectivity index (χ3n) is 3.42. The molecule has 0 bridgehead atoms. The number of amides is 2. The third-order valence-corrected chi connectivity index (χ3v) is 6.12. The van der Waals surface area contributed by atoms with Crippen molar-refractivity contribution in [2.75, 3.05) is 11.1 Å². The molecule has 0 fully saturated rings. The highest BCUT2D eigenvalue weighted by molar-refractivity contribution is 8.01. The molecule has 25 heavy (non-hydrogen) atoms. The summed E-state index contributed by atoms with van der Waals surface area (Å²) in [6, 6.07) is 5.20. The molecule has 0 aliphatic heterocycles. The van der Waals surface area contributed by atoms with E-state index in [1.165, 1.54) is 23.1 Å². The third kappa shape index (κ3) is 3.81. The highest BCUT2D eigenvalue weighted by Gasteiger charge is 2.20. The zero-order valence-corrected chi connectivity index (χ0v) is 15.8. The van der Waals surface area contributed by atoms with Crippen LogP contribution in [-0.2, 0) is 4.79 Å². The second kappa shape index (κ2) is 7.07. The lowest BCUT2D eigenvalue weighted by Gasteiger charge is -1.99. The number of hydrogen-bond acceptors (Lipinski definition) is 6. The topological polar surface area (TPSA) is 98.2 Å². The van der Waals surface area contributed by atoms with E-state index >= 15 is 0 Å². The van der Waals surface area contributed by atoms with Gasteiger partial charge in [-0.3, -0.25) is 14.9 Å². The van der Waals surface area contributed by atoms with Gasteiger partial charge in [-0.1, -0.05) is 22.9 Å². The van der Waals surface area contributed by atoms with Crippen molar-refractivity contribution >= 4 is 62.6 Å². The highest BCUT2D eigenvalue weighted by Crippen LogP contribution is 2.33. The molecule has 3 aromatic rings. The minimum atomic E-state index is -0.403. The van der Waals surface area contributed by atoms with Gasteiger partial charge in [0.25, 0.3) is 5.91 Å². The standard InChI is InChI=1S/C16H14ClN3O3S2/c1-7-10-5-9(17)3-4-11(10)23-13(7)14(22)20-16-19-8(2)15(25-16)24-6-12(18)21/h3-5H,6H2,1-2H3,(H2,18,21)(H,19,20,22). The first kappa shape index (κ1) is 17.8. The van der Waals surface area contributed by atoms with Crippen LogP contribution in [0.3, 0.4) is 0 Å². The molecule has 2 aromatic heterocycles. The molecule has 130 valence electrons. The van der Waals surface area contributed by atoms with Crippen LogP contribution in [0.25, 0.3) is 11.0 Å². The molecule has 2 heterocycles. The fourth-order valence-corrected chi connectivity index (χ4v) is 4.31. The van der Waals surface area contributed by atoms with Crippen LogP contribution < -0.4 is 11.1 Å². The quantitative estimate of drug-likeness (QED) is 0.636. The number of furan rings is 1. The van der Waals surface area contributed by atoms with Crippen molar-refractivity contribution in [3.05, 3.63) is 40.2 Å². The van der Waals surface area contributed by atoms with E-state index in [0.717, 1.165) is 15.3 Å². The van der Waals surface area contributed by atoms with Crippen molar-refractivity contribution in [1.82, 2.24) is 4.98 Å². The van der Waals surface area contributed by atoms with Gasteiger partial charge in [-0.25, -0.2) is 4.98 Å². The van der Waals surface area contributed by atoms with E-state index in [-0.39, 0.29) is 17.4 Å². The number of halogens is 1. The van der Waals surface area contributed by atoms with Gasteiger partial charge < -0.3 is 10.2 Å². The second-order valence-electron chi connectivity index (χ2n) is 5.30. The number of primary amides is 1. The van der Waals surface area contributed by atoms with Crippen molar-refractivity contribution in [1.29, 1.82) is 0 Å². The van der Waals surface area contributed by atoms with Crippen LogP contribution in [0.2, 0.25) is 5.02 Å². The van der Waals surface area contributed by atoms with Gasteiger partial charge in [0.1, 0.15) is 5.58 Å². The summed E-state index contributed by atoms with van der Waals surface area (Å²) in [5, 5.41) is 4.55. The summed E-state index contributed by atoms with van der Waals surface area (Å²) in [5.74, 6) is -0.402. The Morgan fingerprint density at radius 3 is 2.88 bits per heavy atom. The molecule has 0 radical (unpaired) electrons. The molecule has 0 spiro atoms. The van der Waals surface area contributed by atoms with E-state index in [0.29, 0.717) is 21.3 Å². The summed E-state index contributed by atoms with van der Waals surface area (Å²) in [6.45, 7) is 3.61. The van der Waals surface area contributed by atoms with Crippen LogP contribution in [0.15, 0.2) is 26.8 Å². The predicted molar refractivity (Wildman–Crippen MR) is 101 cm³/mol. The number of carbonyl (C=O) groups excluding carboxylic acids is 2. The number of nitrogens with one attached hydrogen (secondary N) is 1. The number of anilines is 1. The molecule has 0 aliphatic carbocycles. The Morgan fingerprint density at radius 1 is 1.40 bits per heavy atom. The zero-order valence-electron chi connectivity index (χ0n) is 13.4. The predicted octanol–water partition coefficient (Wildman–Crippen LogP) is 3.99. The van der Waals surface area contributed by atoms with Gasteiger partial charge in [-0.15, -0.1) is 11.8 Å². The number of benzene rings is 1. The first-order valence-corrected chi connectivity index (χ1v) is 9.41. The molecule has 0 saturated carbocycles. The Morgan fingerprint density at radius 2 is 2.16 bits per heavy atom. The fraction of sp³-hybridized carbons (Fsp3) is 0.188. The van der Waals surface area contributed by atoms with E-state index in [9.17, 15) is 9.59 Å². The van der Waals surface area contributed by atoms with E-state index in [2.05, 4.69) is 10.3 Å². The number of thiazole rings is 1. The van der Waals surface area contributed by atoms with Crippen LogP contribution in [0.5, 0.6) is 0 Å². The van der Waals surface area contributed by atoms with Crippen LogP contribution in [0, 0.1) is 13.8 Å². The molecule has 3 rings (SSSR count). The Labute approximate surface area is 156 Å². The number of fused-ring (bicyclic) bond motifs is 1. The van der Waals surface area contributed by atoms with E-state index in [4.69, 9.17) is 21.8 Å². The van der Waals surface area contributed by atoms with Crippen molar-refractivity contribution in [2.45, 2.75) is 18.1 Å². The molecular formula is C16H14ClN3O3S2. The maximum atomic E-state index is 12.5. The molecule has 0 unspecified atom stereocenters. The molecule has 2 amide bonds. The molecule has 6 nitrogen and oxygen atoms in total. The number of carbonyl (C=O) groups is 2. The lowest BCUT2D eigenvalue weighted by atomic mass is 10.1. The van der Waals surface area contributed by atoms with E-state index < -0.39 is 5.91 Å². The minimum Gasteiger partial charge on any atom is -0.451 e. The lowest BCUT2D eigenvalue weighted by molar-refractivity contribution is -0.115. The van der Waals surface area contributed by atoms with Crippen molar-refractivity contribution in [2.24, 2.45) is 5.73 Å². The maximum absolute atomic E-state index is 12.5. The van der Waals surface area contributed by atoms with Gasteiger partial charge in [0.15, 0.2) is 10.9 Å². The number of thioether (sulfide) groups is 1. The van der Waals surface area contributed by atoms with Crippen molar-refractivity contribution < 1.29 is 14.0 Å². The molecule has 3 N–H and O–H groups in total. The Balaban J connectivity index is 1.82. The van der Waals surface area contributed by atoms with Gasteiger partial charge >= 0.3 is 0 Å². The van der Waals surface area contributed by atoms with Crippen LogP contribution in [-0.4, -0.2) is 22.6 Å². The number of aryl methyl sites for hydroxylation is 2. The molecule has 0 atom stereocenters. The van der Waals surface area contributed by atoms with Crippen LogP contribution in [0.1, 0.15) is 21.8 Å². The molecule has 0 saturated heterocycles. The normalized spacial score (nSPS) is 11.0. The average molecular weight is 396 g/mol. The first-order chi connectivity index (χ1) is 11.8. The largest absolute Gasteiger partial charge is 0.451 e. The summed E-state index contributed by atoms with van der Waals surface area (Å²) >= 11 is 8.58. The highest BCUT2D eigenvalue weighted by atomic mass is 35.5. The number of hydrogen-bond donors (Lipinski definition) is 2. The minimum absolute atomic E-state index is 0.167. The zero-order chi connectivity index (χ0) is 18.1. The monoisotopic (exact) mass is 395 g/mol. The maximum Gasteiger partial charge on any atom is 0.293 e. The molecule has 9 heteroatoms. The Kier molecular flexibility index (Phi) is 5.03. The summed E-state index contributed by atoms with van der Waals surface area (Å²) in [7, 11) is 0. The Hall–Kier alpha value is -2.03. The number of nitrogens with two attached hydrogens (primary N) is 1. The van der Waals surface area contributed by atoms with Crippen LogP contribution in [0.4, 0.5) is 5.13 Å². The summed E-state index contributed by atoms with van der Waals surface area (Å²) in [5.41, 5.74) is 7.20. The van der Waals surface area contributed by atoms with Gasteiger partial charge in [0.2, 0.25) is 5.91 Å². The van der Waals surface area contributed by atoms with E-state index in [1.54, 1.807) is 25.1 Å². The first-order valence-electron chi connectivity index (χ1n) is 7.23. The lowest BCUT2D eigenvalue weighted by Crippen LogP contribution is -2.12. The Bertz CT molecular complexity index is 981. The fourth-order valence-electron chi connectivity index (χ4n) is 2.27. The van der Waals surface area contributed by atoms with Gasteiger partial charge in [0, 0.05) is 16.0 Å². The van der Waals surface area contributed by atoms with Gasteiger partial charge in [-0.2, -0.15) is 0 Å². The summed E-state index contributed by atoms with van der Waals surface area (Å²) in [6.07, 6.45) is 0. The number of rotatable bonds is 5. The summed E-state index contributed by atoms with van der Waals surface area (Å²) < 4.78 is 6.48. The second-order valence-corrected chi connectivity index (χ2v) is 7.98.